The molecule has 0 saturated carbocycles. The molecule has 0 amide bonds. The number of rotatable bonds is 3. The third kappa shape index (κ3) is 2.47. The molecule has 0 spiro atoms. The number of hydrogen-bond acceptors (Lipinski definition) is 5. The van der Waals surface area contributed by atoms with Crippen LogP contribution in [0.1, 0.15) is 31.1 Å². The molecule has 1 aromatic heterocycles. The van der Waals surface area contributed by atoms with Gasteiger partial charge in [0.05, 0.1) is 19.7 Å². The molecular weight excluding hydrogens is 298 g/mol. The summed E-state index contributed by atoms with van der Waals surface area (Å²) >= 11 is 7.27. The Morgan fingerprint density at radius 1 is 1.30 bits per heavy atom. The van der Waals surface area contributed by atoms with Crippen LogP contribution in [0, 0.1) is 5.41 Å². The first-order chi connectivity index (χ1) is 9.29. The van der Waals surface area contributed by atoms with Crippen molar-refractivity contribution in [3.63, 3.8) is 0 Å². The van der Waals surface area contributed by atoms with Gasteiger partial charge in [0.25, 0.3) is 0 Å². The molecule has 1 aromatic carbocycles. The Morgan fingerprint density at radius 2 is 1.95 bits per heavy atom. The Hall–Kier alpha value is -1.33. The Kier molecular flexibility index (Phi) is 3.93. The zero-order valence-electron chi connectivity index (χ0n) is 12.0. The molecule has 0 aliphatic rings. The summed E-state index contributed by atoms with van der Waals surface area (Å²) in [6, 6.07) is 1.67. The minimum Gasteiger partial charge on any atom is -0.493 e. The number of benzene rings is 1. The van der Waals surface area contributed by atoms with Crippen molar-refractivity contribution in [3.05, 3.63) is 16.1 Å². The molecule has 4 nitrogen and oxygen atoms in total. The second kappa shape index (κ2) is 5.22. The molecule has 2 rings (SSSR count). The number of aromatic nitrogens is 1. The van der Waals surface area contributed by atoms with Gasteiger partial charge in [-0.3, -0.25) is 4.79 Å². The zero-order chi connectivity index (χ0) is 15.1. The van der Waals surface area contributed by atoms with Gasteiger partial charge in [-0.2, -0.15) is 0 Å². The molecule has 2 aromatic rings. The number of nitrogens with zero attached hydrogens (tertiary/aromatic N) is 1. The Morgan fingerprint density at radius 3 is 2.45 bits per heavy atom. The summed E-state index contributed by atoms with van der Waals surface area (Å²) in [6.07, 6.45) is 0. The van der Waals surface area contributed by atoms with Crippen LogP contribution < -0.4 is 9.47 Å². The molecular formula is C14H16ClNO3S. The topological polar surface area (TPSA) is 48.4 Å². The molecule has 0 bridgehead atoms. The number of hydrogen-bond donors (Lipinski definition) is 0. The van der Waals surface area contributed by atoms with Crippen LogP contribution >= 0.6 is 22.9 Å². The molecule has 0 aliphatic carbocycles. The smallest absolute Gasteiger partial charge is 0.184 e. The molecule has 0 radical (unpaired) electrons. The average Bonchev–Trinajstić information content (AvgIpc) is 2.75. The van der Waals surface area contributed by atoms with E-state index in [2.05, 4.69) is 4.98 Å². The monoisotopic (exact) mass is 313 g/mol. The van der Waals surface area contributed by atoms with Crippen molar-refractivity contribution in [3.8, 4) is 11.5 Å². The molecule has 0 N–H and O–H groups in total. The van der Waals surface area contributed by atoms with E-state index in [-0.39, 0.29) is 5.78 Å². The predicted octanol–water partition coefficient (Wildman–Crippen LogP) is 4.20. The van der Waals surface area contributed by atoms with Gasteiger partial charge in [0.15, 0.2) is 21.7 Å². The third-order valence-electron chi connectivity index (χ3n) is 2.91. The standard InChI is InChI=1S/C14H16ClNO3S/c1-14(2,3)12(17)7-6-8(18-4)10(19-5)11-9(7)16-13(15)20-11/h6H,1-5H3. The van der Waals surface area contributed by atoms with E-state index in [0.29, 0.717) is 27.0 Å². The predicted molar refractivity (Wildman–Crippen MR) is 81.5 cm³/mol. The van der Waals surface area contributed by atoms with E-state index in [1.807, 2.05) is 20.8 Å². The summed E-state index contributed by atoms with van der Waals surface area (Å²) in [5, 5.41) is 0. The highest BCUT2D eigenvalue weighted by molar-refractivity contribution is 7.22. The maximum Gasteiger partial charge on any atom is 0.184 e. The summed E-state index contributed by atoms with van der Waals surface area (Å²) < 4.78 is 11.8. The maximum absolute atomic E-state index is 12.6. The normalized spacial score (nSPS) is 11.7. The number of methoxy groups -OCH3 is 2. The van der Waals surface area contributed by atoms with Gasteiger partial charge < -0.3 is 9.47 Å². The van der Waals surface area contributed by atoms with Crippen molar-refractivity contribution in [2.24, 2.45) is 5.41 Å². The van der Waals surface area contributed by atoms with E-state index in [4.69, 9.17) is 21.1 Å². The highest BCUT2D eigenvalue weighted by Gasteiger charge is 2.28. The van der Waals surface area contributed by atoms with Crippen LogP contribution in [0.15, 0.2) is 6.07 Å². The van der Waals surface area contributed by atoms with E-state index in [1.54, 1.807) is 13.2 Å². The minimum absolute atomic E-state index is 0.00887. The Bertz CT molecular complexity index is 673. The number of Topliss-reactive ketones (excluding diaryl/α,β-unsaturated/α-hetero) is 1. The van der Waals surface area contributed by atoms with E-state index >= 15 is 0 Å². The van der Waals surface area contributed by atoms with E-state index in [1.165, 1.54) is 18.4 Å². The molecule has 1 heterocycles. The van der Waals surface area contributed by atoms with Gasteiger partial charge in [0, 0.05) is 11.0 Å². The van der Waals surface area contributed by atoms with Gasteiger partial charge in [-0.1, -0.05) is 43.7 Å². The fraction of sp³-hybridized carbons (Fsp3) is 0.429. The highest BCUT2D eigenvalue weighted by atomic mass is 35.5. The number of ketones is 1. The van der Waals surface area contributed by atoms with Gasteiger partial charge in [0.1, 0.15) is 4.70 Å². The Labute approximate surface area is 126 Å². The first-order valence-electron chi connectivity index (χ1n) is 6.05. The molecule has 6 heteroatoms. The second-order valence-electron chi connectivity index (χ2n) is 5.38. The van der Waals surface area contributed by atoms with Crippen molar-refractivity contribution in [2.75, 3.05) is 14.2 Å². The van der Waals surface area contributed by atoms with Crippen LogP contribution in [0.5, 0.6) is 11.5 Å². The van der Waals surface area contributed by atoms with E-state index in [9.17, 15) is 4.79 Å². The summed E-state index contributed by atoms with van der Waals surface area (Å²) in [5.41, 5.74) is 0.564. The highest BCUT2D eigenvalue weighted by Crippen LogP contribution is 2.43. The van der Waals surface area contributed by atoms with Crippen molar-refractivity contribution < 1.29 is 14.3 Å². The quantitative estimate of drug-likeness (QED) is 0.797. The summed E-state index contributed by atoms with van der Waals surface area (Å²) in [5.74, 6) is 1.05. The third-order valence-corrected chi connectivity index (χ3v) is 4.07. The van der Waals surface area contributed by atoms with Crippen LogP contribution in [0.3, 0.4) is 0 Å². The molecule has 20 heavy (non-hydrogen) atoms. The van der Waals surface area contributed by atoms with Gasteiger partial charge in [-0.05, 0) is 6.07 Å². The first-order valence-corrected chi connectivity index (χ1v) is 7.25. The van der Waals surface area contributed by atoms with Crippen LogP contribution in [-0.2, 0) is 0 Å². The van der Waals surface area contributed by atoms with Gasteiger partial charge >= 0.3 is 0 Å². The lowest BCUT2D eigenvalue weighted by Gasteiger charge is -2.18. The largest absolute Gasteiger partial charge is 0.493 e. The average molecular weight is 314 g/mol. The Balaban J connectivity index is 2.82. The lowest BCUT2D eigenvalue weighted by atomic mass is 9.86. The van der Waals surface area contributed by atoms with Gasteiger partial charge in [0.2, 0.25) is 0 Å². The van der Waals surface area contributed by atoms with Crippen LogP contribution in [0.25, 0.3) is 10.2 Å². The second-order valence-corrected chi connectivity index (χ2v) is 6.96. The van der Waals surface area contributed by atoms with Crippen LogP contribution in [0.4, 0.5) is 0 Å². The van der Waals surface area contributed by atoms with Crippen LogP contribution in [-0.4, -0.2) is 25.0 Å². The number of carbonyl (C=O) groups is 1. The molecule has 0 unspecified atom stereocenters. The van der Waals surface area contributed by atoms with Gasteiger partial charge in [-0.25, -0.2) is 4.98 Å². The molecule has 0 aliphatic heterocycles. The zero-order valence-corrected chi connectivity index (χ0v) is 13.6. The molecule has 0 fully saturated rings. The fourth-order valence-electron chi connectivity index (χ4n) is 1.93. The maximum atomic E-state index is 12.6. The number of thiazole rings is 1. The van der Waals surface area contributed by atoms with E-state index < -0.39 is 5.41 Å². The van der Waals surface area contributed by atoms with Gasteiger partial charge in [-0.15, -0.1) is 0 Å². The SMILES string of the molecule is COc1cc(C(=O)C(C)(C)C)c2nc(Cl)sc2c1OC. The van der Waals surface area contributed by atoms with Crippen molar-refractivity contribution in [1.29, 1.82) is 0 Å². The summed E-state index contributed by atoms with van der Waals surface area (Å²) in [6.45, 7) is 5.60. The van der Waals surface area contributed by atoms with E-state index in [0.717, 1.165) is 4.70 Å². The number of ether oxygens (including phenoxy) is 2. The fourth-order valence-corrected chi connectivity index (χ4v) is 3.08. The molecule has 0 saturated heterocycles. The molecule has 0 atom stereocenters. The number of fused-ring (bicyclic) bond motifs is 1. The van der Waals surface area contributed by atoms with Crippen molar-refractivity contribution in [2.45, 2.75) is 20.8 Å². The lowest BCUT2D eigenvalue weighted by Crippen LogP contribution is -2.20. The van der Waals surface area contributed by atoms with Crippen molar-refractivity contribution in [1.82, 2.24) is 4.98 Å². The van der Waals surface area contributed by atoms with Crippen molar-refractivity contribution >= 4 is 38.9 Å². The minimum atomic E-state index is -0.511. The lowest BCUT2D eigenvalue weighted by molar-refractivity contribution is 0.0859. The first kappa shape index (κ1) is 15.1. The number of carbonyl (C=O) groups excluding carboxylic acids is 1. The molecule has 108 valence electrons. The summed E-state index contributed by atoms with van der Waals surface area (Å²) in [7, 11) is 3.09. The number of halogens is 1. The van der Waals surface area contributed by atoms with Crippen LogP contribution in [0.2, 0.25) is 4.47 Å². The summed E-state index contributed by atoms with van der Waals surface area (Å²) in [4.78, 5) is 16.8.